The quantitative estimate of drug-likeness (QED) is 0.838. The second-order valence-corrected chi connectivity index (χ2v) is 5.66. The van der Waals surface area contributed by atoms with Crippen LogP contribution in [0.4, 0.5) is 0 Å². The lowest BCUT2D eigenvalue weighted by Crippen LogP contribution is -2.46. The molecule has 2 heterocycles. The van der Waals surface area contributed by atoms with Gasteiger partial charge in [-0.2, -0.15) is 0 Å². The van der Waals surface area contributed by atoms with Crippen molar-refractivity contribution in [2.24, 2.45) is 11.7 Å². The third-order valence-electron chi connectivity index (χ3n) is 4.36. The number of hydrogen-bond donors (Lipinski definition) is 1. The number of methoxy groups -OCH3 is 1. The van der Waals surface area contributed by atoms with Gasteiger partial charge in [-0.3, -0.25) is 4.90 Å². The molecule has 5 nitrogen and oxygen atoms in total. The summed E-state index contributed by atoms with van der Waals surface area (Å²) in [6, 6.07) is 5.89. The van der Waals surface area contributed by atoms with E-state index in [0.717, 1.165) is 31.1 Å². The van der Waals surface area contributed by atoms with Crippen LogP contribution in [0.5, 0.6) is 0 Å². The first-order chi connectivity index (χ1) is 10.2. The number of nitrogens with two attached hydrogens (primary N) is 1. The van der Waals surface area contributed by atoms with Gasteiger partial charge in [0.2, 0.25) is 0 Å². The van der Waals surface area contributed by atoms with Crippen molar-refractivity contribution in [3.05, 3.63) is 29.6 Å². The Morgan fingerprint density at radius 1 is 1.52 bits per heavy atom. The zero-order valence-corrected chi connectivity index (χ0v) is 12.9. The van der Waals surface area contributed by atoms with Gasteiger partial charge in [0, 0.05) is 19.1 Å². The second-order valence-electron chi connectivity index (χ2n) is 5.66. The summed E-state index contributed by atoms with van der Waals surface area (Å²) in [5.74, 6) is 0.390. The highest BCUT2D eigenvalue weighted by Gasteiger charge is 2.26. The number of pyridine rings is 1. The summed E-state index contributed by atoms with van der Waals surface area (Å²) < 4.78 is 4.72. The molecular formula is C16H25N3O2. The fourth-order valence-electron chi connectivity index (χ4n) is 3.00. The number of nitrogens with zero attached hydrogens (tertiary/aromatic N) is 2. The van der Waals surface area contributed by atoms with Crippen LogP contribution in [0.25, 0.3) is 0 Å². The molecule has 1 aliphatic heterocycles. The number of rotatable bonds is 5. The number of likely N-dealkylation sites (tertiary alicyclic amines) is 1. The zero-order chi connectivity index (χ0) is 15.2. The summed E-state index contributed by atoms with van der Waals surface area (Å²) in [4.78, 5) is 18.3. The molecule has 1 aromatic rings. The Labute approximate surface area is 126 Å². The predicted octanol–water partition coefficient (Wildman–Crippen LogP) is 1.82. The molecule has 2 unspecified atom stereocenters. The van der Waals surface area contributed by atoms with Gasteiger partial charge >= 0.3 is 5.97 Å². The zero-order valence-electron chi connectivity index (χ0n) is 12.9. The molecule has 0 bridgehead atoms. The molecule has 2 atom stereocenters. The summed E-state index contributed by atoms with van der Waals surface area (Å²) in [6.45, 7) is 4.70. The summed E-state index contributed by atoms with van der Waals surface area (Å²) in [5, 5.41) is 0. The number of aromatic nitrogens is 1. The van der Waals surface area contributed by atoms with Crippen LogP contribution in [0, 0.1) is 5.92 Å². The van der Waals surface area contributed by atoms with Crippen molar-refractivity contribution in [3.8, 4) is 0 Å². The molecule has 0 aliphatic carbocycles. The van der Waals surface area contributed by atoms with Gasteiger partial charge in [-0.15, -0.1) is 0 Å². The average Bonchev–Trinajstić information content (AvgIpc) is 2.54. The first kappa shape index (κ1) is 15.9. The van der Waals surface area contributed by atoms with Crippen molar-refractivity contribution in [2.75, 3.05) is 20.2 Å². The minimum Gasteiger partial charge on any atom is -0.464 e. The molecule has 2 N–H and O–H groups in total. The summed E-state index contributed by atoms with van der Waals surface area (Å²) in [6.07, 6.45) is 3.59. The first-order valence-electron chi connectivity index (χ1n) is 7.66. The minimum atomic E-state index is -0.392. The third-order valence-corrected chi connectivity index (χ3v) is 4.36. The molecule has 1 aliphatic rings. The Morgan fingerprint density at radius 2 is 2.33 bits per heavy atom. The Hall–Kier alpha value is -1.46. The minimum absolute atomic E-state index is 0.364. The Kier molecular flexibility index (Phi) is 5.70. The number of carbonyl (C=O) groups excluding carboxylic acids is 1. The molecule has 116 valence electrons. The van der Waals surface area contributed by atoms with Crippen LogP contribution in [-0.2, 0) is 11.3 Å². The number of piperidine rings is 1. The number of carbonyl (C=O) groups is 1. The summed E-state index contributed by atoms with van der Waals surface area (Å²) in [7, 11) is 1.37. The van der Waals surface area contributed by atoms with Gasteiger partial charge in [0.25, 0.3) is 0 Å². The molecule has 5 heteroatoms. The van der Waals surface area contributed by atoms with Crippen molar-refractivity contribution >= 4 is 5.97 Å². The molecule has 21 heavy (non-hydrogen) atoms. The lowest BCUT2D eigenvalue weighted by Gasteiger charge is -2.38. The van der Waals surface area contributed by atoms with E-state index in [2.05, 4.69) is 16.8 Å². The number of esters is 1. The lowest BCUT2D eigenvalue weighted by atomic mass is 9.89. The normalized spacial score (nSPS) is 23.0. The molecule has 1 saturated heterocycles. The highest BCUT2D eigenvalue weighted by atomic mass is 16.5. The maximum atomic E-state index is 11.5. The van der Waals surface area contributed by atoms with Gasteiger partial charge in [0.05, 0.1) is 12.8 Å². The van der Waals surface area contributed by atoms with Gasteiger partial charge in [-0.1, -0.05) is 19.4 Å². The maximum Gasteiger partial charge on any atom is 0.356 e. The molecule has 0 spiro atoms. The molecule has 1 fully saturated rings. The van der Waals surface area contributed by atoms with Crippen molar-refractivity contribution in [2.45, 2.75) is 38.8 Å². The van der Waals surface area contributed by atoms with E-state index in [-0.39, 0.29) is 0 Å². The highest BCUT2D eigenvalue weighted by molar-refractivity contribution is 5.87. The van der Waals surface area contributed by atoms with E-state index in [1.54, 1.807) is 6.07 Å². The fraction of sp³-hybridized carbons (Fsp3) is 0.625. The van der Waals surface area contributed by atoms with Gasteiger partial charge in [0.15, 0.2) is 0 Å². The Bertz CT molecular complexity index is 478. The topological polar surface area (TPSA) is 68.5 Å². The SMILES string of the molecule is CCC1CCN(Cc2cccc(C(=O)OC)n2)C(CN)C1. The van der Waals surface area contributed by atoms with Gasteiger partial charge in [-0.25, -0.2) is 9.78 Å². The Balaban J connectivity index is 2.05. The second kappa shape index (κ2) is 7.52. The largest absolute Gasteiger partial charge is 0.464 e. The van der Waals surface area contributed by atoms with Crippen molar-refractivity contribution in [1.29, 1.82) is 0 Å². The highest BCUT2D eigenvalue weighted by Crippen LogP contribution is 2.25. The number of hydrogen-bond acceptors (Lipinski definition) is 5. The van der Waals surface area contributed by atoms with Crippen LogP contribution in [0.1, 0.15) is 42.4 Å². The fourth-order valence-corrected chi connectivity index (χ4v) is 3.00. The molecule has 0 aromatic carbocycles. The van der Waals surface area contributed by atoms with E-state index in [1.807, 2.05) is 12.1 Å². The van der Waals surface area contributed by atoms with E-state index in [9.17, 15) is 4.79 Å². The van der Waals surface area contributed by atoms with Crippen LogP contribution in [-0.4, -0.2) is 42.1 Å². The van der Waals surface area contributed by atoms with E-state index in [4.69, 9.17) is 10.5 Å². The third kappa shape index (κ3) is 4.02. The van der Waals surface area contributed by atoms with E-state index in [1.165, 1.54) is 20.0 Å². The molecule has 1 aromatic heterocycles. The smallest absolute Gasteiger partial charge is 0.356 e. The summed E-state index contributed by atoms with van der Waals surface area (Å²) >= 11 is 0. The first-order valence-corrected chi connectivity index (χ1v) is 7.66. The van der Waals surface area contributed by atoms with Gasteiger partial charge in [0.1, 0.15) is 5.69 Å². The van der Waals surface area contributed by atoms with E-state index in [0.29, 0.717) is 18.3 Å². The Morgan fingerprint density at radius 3 is 3.00 bits per heavy atom. The van der Waals surface area contributed by atoms with Crippen molar-refractivity contribution < 1.29 is 9.53 Å². The average molecular weight is 291 g/mol. The van der Waals surface area contributed by atoms with Crippen molar-refractivity contribution in [3.63, 3.8) is 0 Å². The molecule has 2 rings (SSSR count). The van der Waals surface area contributed by atoms with Crippen molar-refractivity contribution in [1.82, 2.24) is 9.88 Å². The monoisotopic (exact) mass is 291 g/mol. The van der Waals surface area contributed by atoms with Crippen LogP contribution in [0.2, 0.25) is 0 Å². The standard InChI is InChI=1S/C16H25N3O2/c1-3-12-7-8-19(14(9-12)10-17)11-13-5-4-6-15(18-13)16(20)21-2/h4-6,12,14H,3,7-11,17H2,1-2H3. The lowest BCUT2D eigenvalue weighted by molar-refractivity contribution is 0.0592. The predicted molar refractivity (Wildman–Crippen MR) is 81.8 cm³/mol. The van der Waals surface area contributed by atoms with Crippen LogP contribution >= 0.6 is 0 Å². The molecule has 0 saturated carbocycles. The molecule has 0 amide bonds. The van der Waals surface area contributed by atoms with Crippen LogP contribution < -0.4 is 5.73 Å². The summed E-state index contributed by atoms with van der Waals surface area (Å²) in [5.41, 5.74) is 7.19. The molecule has 0 radical (unpaired) electrons. The van der Waals surface area contributed by atoms with Gasteiger partial charge in [-0.05, 0) is 37.4 Å². The van der Waals surface area contributed by atoms with Crippen LogP contribution in [0.15, 0.2) is 18.2 Å². The van der Waals surface area contributed by atoms with E-state index < -0.39 is 5.97 Å². The number of ether oxygens (including phenoxy) is 1. The van der Waals surface area contributed by atoms with Crippen LogP contribution in [0.3, 0.4) is 0 Å². The van der Waals surface area contributed by atoms with Gasteiger partial charge < -0.3 is 10.5 Å². The molecular weight excluding hydrogens is 266 g/mol. The van der Waals surface area contributed by atoms with E-state index >= 15 is 0 Å². The maximum absolute atomic E-state index is 11.5.